The zero-order chi connectivity index (χ0) is 13.3. The van der Waals surface area contributed by atoms with Crippen LogP contribution in [0.3, 0.4) is 0 Å². The summed E-state index contributed by atoms with van der Waals surface area (Å²) in [6.07, 6.45) is 3.99. The lowest BCUT2D eigenvalue weighted by Crippen LogP contribution is -2.52. The molecule has 4 nitrogen and oxygen atoms in total. The molecule has 17 heavy (non-hydrogen) atoms. The molecule has 1 atom stereocenters. The van der Waals surface area contributed by atoms with E-state index in [1.54, 1.807) is 13.8 Å². The zero-order valence-electron chi connectivity index (χ0n) is 11.5. The Labute approximate surface area is 104 Å². The maximum Gasteiger partial charge on any atom is 0.331 e. The summed E-state index contributed by atoms with van der Waals surface area (Å²) in [5.74, 6) is -0.429. The molecule has 0 saturated heterocycles. The molecule has 0 aliphatic rings. The number of hydrogen-bond donors (Lipinski definition) is 1. The average Bonchev–Trinajstić information content (AvgIpc) is 2.29. The van der Waals surface area contributed by atoms with E-state index >= 15 is 0 Å². The van der Waals surface area contributed by atoms with E-state index in [0.717, 1.165) is 19.3 Å². The molecule has 4 heteroatoms. The summed E-state index contributed by atoms with van der Waals surface area (Å²) in [4.78, 5) is 23.4. The Morgan fingerprint density at radius 3 is 2.29 bits per heavy atom. The van der Waals surface area contributed by atoms with Crippen LogP contribution >= 0.6 is 0 Å². The summed E-state index contributed by atoms with van der Waals surface area (Å²) in [6.45, 7) is 7.76. The predicted molar refractivity (Wildman–Crippen MR) is 67.6 cm³/mol. The summed E-state index contributed by atoms with van der Waals surface area (Å²) in [5, 5.41) is 2.77. The van der Waals surface area contributed by atoms with Crippen LogP contribution in [0, 0.1) is 0 Å². The van der Waals surface area contributed by atoms with Crippen LogP contribution in [-0.4, -0.2) is 24.0 Å². The highest BCUT2D eigenvalue weighted by Gasteiger charge is 2.34. The molecule has 0 aromatic heterocycles. The van der Waals surface area contributed by atoms with Crippen molar-refractivity contribution in [3.8, 4) is 0 Å². The minimum absolute atomic E-state index is 0.0733. The van der Waals surface area contributed by atoms with Gasteiger partial charge in [0.1, 0.15) is 5.54 Å². The van der Waals surface area contributed by atoms with Gasteiger partial charge in [0.25, 0.3) is 0 Å². The minimum atomic E-state index is -0.890. The fraction of sp³-hybridized carbons (Fsp3) is 0.846. The smallest absolute Gasteiger partial charge is 0.331 e. The molecule has 0 aliphatic heterocycles. The number of unbranched alkanes of at least 4 members (excludes halogenated alkanes) is 2. The Bertz CT molecular complexity index is 253. The molecule has 0 aromatic rings. The Morgan fingerprint density at radius 2 is 1.82 bits per heavy atom. The number of nitrogens with one attached hydrogen (secondary N) is 1. The Kier molecular flexibility index (Phi) is 7.59. The molecule has 1 N–H and O–H groups in total. The first-order chi connectivity index (χ1) is 8.00. The molecular formula is C13H25NO3. The molecule has 0 saturated carbocycles. The summed E-state index contributed by atoms with van der Waals surface area (Å²) in [5.41, 5.74) is -0.890. The van der Waals surface area contributed by atoms with Crippen molar-refractivity contribution in [2.24, 2.45) is 0 Å². The van der Waals surface area contributed by atoms with Gasteiger partial charge in [0, 0.05) is 6.42 Å². The first-order valence-electron chi connectivity index (χ1n) is 6.48. The monoisotopic (exact) mass is 243 g/mol. The van der Waals surface area contributed by atoms with E-state index in [9.17, 15) is 9.59 Å². The lowest BCUT2D eigenvalue weighted by molar-refractivity contribution is -0.152. The van der Waals surface area contributed by atoms with E-state index in [4.69, 9.17) is 4.74 Å². The van der Waals surface area contributed by atoms with Crippen LogP contribution in [0.4, 0.5) is 0 Å². The van der Waals surface area contributed by atoms with Crippen LogP contribution in [0.25, 0.3) is 0 Å². The van der Waals surface area contributed by atoms with Crippen molar-refractivity contribution >= 4 is 11.9 Å². The third-order valence-corrected chi connectivity index (χ3v) is 2.86. The highest BCUT2D eigenvalue weighted by atomic mass is 16.5. The van der Waals surface area contributed by atoms with Crippen LogP contribution in [0.2, 0.25) is 0 Å². The summed E-state index contributed by atoms with van der Waals surface area (Å²) >= 11 is 0. The standard InChI is InChI=1S/C13H25NO3/c1-5-8-9-10-11(15)14-13(4,6-2)12(16)17-7-3/h5-10H2,1-4H3,(H,14,15). The second kappa shape index (κ2) is 8.09. The van der Waals surface area contributed by atoms with Crippen LogP contribution in [-0.2, 0) is 14.3 Å². The van der Waals surface area contributed by atoms with Gasteiger partial charge in [-0.3, -0.25) is 4.79 Å². The van der Waals surface area contributed by atoms with Crippen molar-refractivity contribution in [3.63, 3.8) is 0 Å². The minimum Gasteiger partial charge on any atom is -0.464 e. The van der Waals surface area contributed by atoms with Gasteiger partial charge in [0.15, 0.2) is 0 Å². The SMILES string of the molecule is CCCCCC(=O)NC(C)(CC)C(=O)OCC. The van der Waals surface area contributed by atoms with Crippen LogP contribution < -0.4 is 5.32 Å². The largest absolute Gasteiger partial charge is 0.464 e. The number of carbonyl (C=O) groups excluding carboxylic acids is 2. The normalized spacial score (nSPS) is 13.9. The fourth-order valence-corrected chi connectivity index (χ4v) is 1.48. The first kappa shape index (κ1) is 15.9. The van der Waals surface area contributed by atoms with Crippen molar-refractivity contribution in [3.05, 3.63) is 0 Å². The highest BCUT2D eigenvalue weighted by Crippen LogP contribution is 2.12. The van der Waals surface area contributed by atoms with Crippen molar-refractivity contribution in [2.45, 2.75) is 65.3 Å². The molecular weight excluding hydrogens is 218 g/mol. The number of carbonyl (C=O) groups is 2. The van der Waals surface area contributed by atoms with E-state index in [0.29, 0.717) is 19.4 Å². The molecule has 0 aliphatic carbocycles. The van der Waals surface area contributed by atoms with Crippen LogP contribution in [0.5, 0.6) is 0 Å². The molecule has 0 bridgehead atoms. The molecule has 1 unspecified atom stereocenters. The van der Waals surface area contributed by atoms with Gasteiger partial charge in [-0.1, -0.05) is 26.7 Å². The lowest BCUT2D eigenvalue weighted by atomic mass is 9.98. The molecule has 0 aromatic carbocycles. The van der Waals surface area contributed by atoms with Gasteiger partial charge in [-0.25, -0.2) is 4.79 Å². The van der Waals surface area contributed by atoms with Gasteiger partial charge < -0.3 is 10.1 Å². The van der Waals surface area contributed by atoms with E-state index in [2.05, 4.69) is 12.2 Å². The van der Waals surface area contributed by atoms with Crippen molar-refractivity contribution in [1.82, 2.24) is 5.32 Å². The summed E-state index contributed by atoms with van der Waals surface area (Å²) < 4.78 is 4.97. The van der Waals surface area contributed by atoms with Gasteiger partial charge in [-0.05, 0) is 26.7 Å². The average molecular weight is 243 g/mol. The van der Waals surface area contributed by atoms with E-state index in [1.807, 2.05) is 6.92 Å². The van der Waals surface area contributed by atoms with Gasteiger partial charge in [0.2, 0.25) is 5.91 Å². The Balaban J connectivity index is 4.27. The van der Waals surface area contributed by atoms with Crippen LogP contribution in [0.1, 0.15) is 59.8 Å². The second-order valence-electron chi connectivity index (χ2n) is 4.41. The third-order valence-electron chi connectivity index (χ3n) is 2.86. The summed E-state index contributed by atoms with van der Waals surface area (Å²) in [6, 6.07) is 0. The molecule has 0 radical (unpaired) electrons. The Hall–Kier alpha value is -1.06. The molecule has 0 spiro atoms. The van der Waals surface area contributed by atoms with Gasteiger partial charge in [0.05, 0.1) is 6.61 Å². The molecule has 100 valence electrons. The maximum absolute atomic E-state index is 11.7. The lowest BCUT2D eigenvalue weighted by Gasteiger charge is -2.27. The number of amides is 1. The van der Waals surface area contributed by atoms with Gasteiger partial charge >= 0.3 is 5.97 Å². The van der Waals surface area contributed by atoms with E-state index in [-0.39, 0.29) is 11.9 Å². The highest BCUT2D eigenvalue weighted by molar-refractivity contribution is 5.87. The zero-order valence-corrected chi connectivity index (χ0v) is 11.5. The quantitative estimate of drug-likeness (QED) is 0.526. The number of ether oxygens (including phenoxy) is 1. The van der Waals surface area contributed by atoms with Crippen molar-refractivity contribution in [2.75, 3.05) is 6.61 Å². The number of esters is 1. The number of rotatable bonds is 8. The third kappa shape index (κ3) is 5.71. The first-order valence-corrected chi connectivity index (χ1v) is 6.48. The molecule has 1 amide bonds. The van der Waals surface area contributed by atoms with Gasteiger partial charge in [-0.2, -0.15) is 0 Å². The molecule has 0 heterocycles. The topological polar surface area (TPSA) is 55.4 Å². The van der Waals surface area contributed by atoms with Crippen molar-refractivity contribution in [1.29, 1.82) is 0 Å². The maximum atomic E-state index is 11.7. The fourth-order valence-electron chi connectivity index (χ4n) is 1.48. The van der Waals surface area contributed by atoms with E-state index in [1.165, 1.54) is 0 Å². The Morgan fingerprint density at radius 1 is 1.18 bits per heavy atom. The van der Waals surface area contributed by atoms with Crippen LogP contribution in [0.15, 0.2) is 0 Å². The second-order valence-corrected chi connectivity index (χ2v) is 4.41. The predicted octanol–water partition coefficient (Wildman–Crippen LogP) is 2.41. The summed E-state index contributed by atoms with van der Waals surface area (Å²) in [7, 11) is 0. The number of hydrogen-bond acceptors (Lipinski definition) is 3. The molecule has 0 rings (SSSR count). The van der Waals surface area contributed by atoms with E-state index < -0.39 is 5.54 Å². The van der Waals surface area contributed by atoms with Crippen molar-refractivity contribution < 1.29 is 14.3 Å². The molecule has 0 fully saturated rings. The van der Waals surface area contributed by atoms with Gasteiger partial charge in [-0.15, -0.1) is 0 Å².